The number of nitrogens with one attached hydrogen (secondary N) is 1. The van der Waals surface area contributed by atoms with E-state index in [1.807, 2.05) is 6.07 Å². The number of nitrogens with zero attached hydrogens (tertiary/aromatic N) is 5. The molecule has 9 nitrogen and oxygen atoms in total. The van der Waals surface area contributed by atoms with Crippen LogP contribution in [0.1, 0.15) is 48.7 Å². The summed E-state index contributed by atoms with van der Waals surface area (Å²) in [6.45, 7) is 0. The van der Waals surface area contributed by atoms with Gasteiger partial charge in [0.15, 0.2) is 0 Å². The Balaban J connectivity index is 1.56. The Kier molecular flexibility index (Phi) is 6.82. The Hall–Kier alpha value is -3.55. The van der Waals surface area contributed by atoms with Crippen LogP contribution in [0.4, 0.5) is 10.8 Å². The molecule has 1 aliphatic carbocycles. The van der Waals surface area contributed by atoms with Crippen molar-refractivity contribution in [2.75, 3.05) is 5.32 Å². The third-order valence-corrected chi connectivity index (χ3v) is 6.77. The molecule has 11 heteroatoms. The highest BCUT2D eigenvalue weighted by atomic mass is 35.5. The molecule has 1 N–H and O–H groups in total. The summed E-state index contributed by atoms with van der Waals surface area (Å²) >= 11 is 7.58. The molecule has 0 aliphatic heterocycles. The van der Waals surface area contributed by atoms with Crippen LogP contribution < -0.4 is 5.32 Å². The molecule has 1 aromatic carbocycles. The van der Waals surface area contributed by atoms with Crippen molar-refractivity contribution in [3.05, 3.63) is 67.9 Å². The second kappa shape index (κ2) is 9.94. The minimum absolute atomic E-state index is 0.124. The van der Waals surface area contributed by atoms with Crippen LogP contribution in [0.5, 0.6) is 0 Å². The van der Waals surface area contributed by atoms with Crippen LogP contribution in [0.2, 0.25) is 5.02 Å². The highest BCUT2D eigenvalue weighted by Crippen LogP contribution is 2.35. The molecule has 1 fully saturated rings. The van der Waals surface area contributed by atoms with Crippen LogP contribution in [0.3, 0.4) is 0 Å². The average Bonchev–Trinajstić information content (AvgIpc) is 3.47. The molecule has 0 unspecified atom stereocenters. The number of nitro benzene ring substituents is 1. The highest BCUT2D eigenvalue weighted by molar-refractivity contribution is 7.15. The van der Waals surface area contributed by atoms with E-state index in [0.29, 0.717) is 27.5 Å². The number of benzene rings is 1. The summed E-state index contributed by atoms with van der Waals surface area (Å²) in [6, 6.07) is 9.34. The largest absolute Gasteiger partial charge is 0.315 e. The van der Waals surface area contributed by atoms with Crippen molar-refractivity contribution in [1.82, 2.24) is 14.8 Å². The zero-order valence-electron chi connectivity index (χ0n) is 17.4. The zero-order chi connectivity index (χ0) is 23.4. The number of non-ortho nitro benzene ring substituents is 1. The van der Waals surface area contributed by atoms with Crippen LogP contribution in [0.15, 0.2) is 42.1 Å². The maximum atomic E-state index is 12.7. The normalized spacial score (nSPS) is 14.6. The zero-order valence-corrected chi connectivity index (χ0v) is 19.0. The van der Waals surface area contributed by atoms with E-state index in [9.17, 15) is 20.2 Å². The van der Waals surface area contributed by atoms with E-state index in [-0.39, 0.29) is 11.3 Å². The van der Waals surface area contributed by atoms with Crippen molar-refractivity contribution in [1.29, 1.82) is 5.26 Å². The van der Waals surface area contributed by atoms with E-state index in [1.165, 1.54) is 54.9 Å². The Morgan fingerprint density at radius 1 is 1.30 bits per heavy atom. The van der Waals surface area contributed by atoms with Gasteiger partial charge in [-0.3, -0.25) is 20.2 Å². The predicted octanol–water partition coefficient (Wildman–Crippen LogP) is 5.48. The van der Waals surface area contributed by atoms with Crippen LogP contribution in [-0.2, 0) is 4.79 Å². The molecule has 4 rings (SSSR count). The summed E-state index contributed by atoms with van der Waals surface area (Å²) in [5.41, 5.74) is 0.553. The Labute approximate surface area is 198 Å². The molecular weight excluding hydrogens is 464 g/mol. The summed E-state index contributed by atoms with van der Waals surface area (Å²) in [4.78, 5) is 23.4. The van der Waals surface area contributed by atoms with Crippen molar-refractivity contribution >= 4 is 45.7 Å². The van der Waals surface area contributed by atoms with Gasteiger partial charge in [0.05, 0.1) is 15.6 Å². The Morgan fingerprint density at radius 2 is 2.09 bits per heavy atom. The number of amides is 1. The number of nitro groups is 1. The van der Waals surface area contributed by atoms with Gasteiger partial charge >= 0.3 is 0 Å². The minimum atomic E-state index is -0.610. The molecular formula is C22H19ClN6O3S. The number of carbonyl (C=O) groups is 1. The van der Waals surface area contributed by atoms with Crippen LogP contribution in [-0.4, -0.2) is 25.6 Å². The van der Waals surface area contributed by atoms with Gasteiger partial charge in [-0.05, 0) is 37.1 Å². The van der Waals surface area contributed by atoms with E-state index in [0.717, 1.165) is 17.8 Å². The third-order valence-electron chi connectivity index (χ3n) is 5.45. The third kappa shape index (κ3) is 5.10. The molecule has 2 aromatic heterocycles. The Morgan fingerprint density at radius 3 is 2.82 bits per heavy atom. The fourth-order valence-corrected chi connectivity index (χ4v) is 4.91. The smallest absolute Gasteiger partial charge is 0.271 e. The lowest BCUT2D eigenvalue weighted by Gasteiger charge is -2.18. The number of carbonyl (C=O) groups excluding carboxylic acids is 1. The second-order valence-corrected chi connectivity index (χ2v) is 9.02. The first-order valence-electron chi connectivity index (χ1n) is 10.3. The van der Waals surface area contributed by atoms with Gasteiger partial charge in [0, 0.05) is 29.9 Å². The van der Waals surface area contributed by atoms with E-state index in [2.05, 4.69) is 15.5 Å². The minimum Gasteiger partial charge on any atom is -0.315 e. The lowest BCUT2D eigenvalue weighted by molar-refractivity contribution is -0.384. The molecule has 0 spiro atoms. The maximum Gasteiger partial charge on any atom is 0.271 e. The van der Waals surface area contributed by atoms with Crippen molar-refractivity contribution in [3.63, 3.8) is 0 Å². The van der Waals surface area contributed by atoms with Crippen LogP contribution in [0.25, 0.3) is 11.8 Å². The van der Waals surface area contributed by atoms with Gasteiger partial charge in [0.2, 0.25) is 5.13 Å². The topological polar surface area (TPSA) is 127 Å². The van der Waals surface area contributed by atoms with Gasteiger partial charge in [-0.1, -0.05) is 42.2 Å². The molecule has 0 atom stereocenters. The van der Waals surface area contributed by atoms with Crippen molar-refractivity contribution in [3.8, 4) is 11.8 Å². The second-order valence-electron chi connectivity index (χ2n) is 7.60. The number of nitriles is 1. The first-order valence-corrected chi connectivity index (χ1v) is 11.5. The van der Waals surface area contributed by atoms with Crippen LogP contribution >= 0.6 is 22.9 Å². The number of hydrogen-bond acceptors (Lipinski definition) is 7. The van der Waals surface area contributed by atoms with Gasteiger partial charge in [0.1, 0.15) is 16.6 Å². The summed E-state index contributed by atoms with van der Waals surface area (Å²) < 4.78 is 1.58. The quantitative estimate of drug-likeness (QED) is 0.214. The van der Waals surface area contributed by atoms with Crippen molar-refractivity contribution in [2.24, 2.45) is 0 Å². The number of rotatable bonds is 6. The number of hydrogen-bond donors (Lipinski definition) is 1. The summed E-state index contributed by atoms with van der Waals surface area (Å²) in [5, 5.41) is 33.2. The SMILES string of the molecule is N#C/C(=C/c1cccn1-c1cc([N+](=O)[O-])ccc1Cl)C(=O)Nc1nnc(C2CCCCC2)s1. The molecule has 0 radical (unpaired) electrons. The standard InChI is InChI=1S/C22H19ClN6O3S/c23-18-9-8-17(29(31)32)12-19(18)28-10-4-7-16(28)11-15(13-24)20(30)25-22-27-26-21(33-22)14-5-2-1-3-6-14/h4,7-12,14H,1-3,5-6H2,(H,25,27,30)/b15-11-. The average molecular weight is 483 g/mol. The van der Waals surface area contributed by atoms with Gasteiger partial charge in [-0.15, -0.1) is 10.2 Å². The fraction of sp³-hybridized carbons (Fsp3) is 0.273. The van der Waals surface area contributed by atoms with Gasteiger partial charge < -0.3 is 4.57 Å². The van der Waals surface area contributed by atoms with E-state index in [1.54, 1.807) is 22.9 Å². The van der Waals surface area contributed by atoms with Gasteiger partial charge in [-0.25, -0.2) is 0 Å². The lowest BCUT2D eigenvalue weighted by atomic mass is 9.90. The molecule has 33 heavy (non-hydrogen) atoms. The van der Waals surface area contributed by atoms with Crippen molar-refractivity contribution < 1.29 is 9.72 Å². The molecule has 1 amide bonds. The van der Waals surface area contributed by atoms with E-state index in [4.69, 9.17) is 11.6 Å². The molecule has 3 aromatic rings. The molecule has 0 saturated heterocycles. The first-order chi connectivity index (χ1) is 16.0. The fourth-order valence-electron chi connectivity index (χ4n) is 3.79. The molecule has 168 valence electrons. The number of anilines is 1. The van der Waals surface area contributed by atoms with Crippen molar-refractivity contribution in [2.45, 2.75) is 38.0 Å². The molecule has 1 saturated carbocycles. The Bertz CT molecular complexity index is 1270. The summed E-state index contributed by atoms with van der Waals surface area (Å²) in [7, 11) is 0. The van der Waals surface area contributed by atoms with E-state index >= 15 is 0 Å². The highest BCUT2D eigenvalue weighted by Gasteiger charge is 2.21. The monoisotopic (exact) mass is 482 g/mol. The number of aromatic nitrogens is 3. The maximum absolute atomic E-state index is 12.7. The lowest BCUT2D eigenvalue weighted by Crippen LogP contribution is -2.13. The van der Waals surface area contributed by atoms with Gasteiger partial charge in [-0.2, -0.15) is 5.26 Å². The first kappa shape index (κ1) is 22.6. The molecule has 1 aliphatic rings. The van der Waals surface area contributed by atoms with Gasteiger partial charge in [0.25, 0.3) is 11.6 Å². The summed E-state index contributed by atoms with van der Waals surface area (Å²) in [5.74, 6) is -0.238. The predicted molar refractivity (Wildman–Crippen MR) is 125 cm³/mol. The summed E-state index contributed by atoms with van der Waals surface area (Å²) in [6.07, 6.45) is 8.76. The van der Waals surface area contributed by atoms with Crippen LogP contribution in [0, 0.1) is 21.4 Å². The molecule has 2 heterocycles. The number of halogens is 1. The molecule has 0 bridgehead atoms. The van der Waals surface area contributed by atoms with E-state index < -0.39 is 10.8 Å².